The average Bonchev–Trinajstić information content (AvgIpc) is 2.48. The lowest BCUT2D eigenvalue weighted by Crippen LogP contribution is -2.50. The molecule has 0 spiro atoms. The summed E-state index contributed by atoms with van der Waals surface area (Å²) >= 11 is 0. The number of methoxy groups -OCH3 is 1. The average molecular weight is 287 g/mol. The third-order valence-corrected chi connectivity index (χ3v) is 4.24. The van der Waals surface area contributed by atoms with Crippen LogP contribution in [-0.2, 0) is 16.0 Å². The second-order valence-electron chi connectivity index (χ2n) is 5.51. The first-order chi connectivity index (χ1) is 10.1. The van der Waals surface area contributed by atoms with Crippen molar-refractivity contribution < 1.29 is 19.1 Å². The Labute approximate surface area is 122 Å². The molecule has 0 N–H and O–H groups in total. The first-order valence-electron chi connectivity index (χ1n) is 7.12. The molecule has 1 aromatic carbocycles. The molecule has 2 aliphatic rings. The molecule has 5 heteroatoms. The smallest absolute Gasteiger partial charge is 0.254 e. The molecular formula is C16H17NO4. The zero-order valence-corrected chi connectivity index (χ0v) is 11.9. The van der Waals surface area contributed by atoms with Gasteiger partial charge in [0.05, 0.1) is 19.6 Å². The highest BCUT2D eigenvalue weighted by atomic mass is 16.5. The number of carbonyl (C=O) groups is 3. The van der Waals surface area contributed by atoms with E-state index >= 15 is 0 Å². The number of hydrogen-bond acceptors (Lipinski definition) is 4. The molecule has 1 saturated carbocycles. The van der Waals surface area contributed by atoms with Gasteiger partial charge in [0.15, 0.2) is 5.78 Å². The lowest BCUT2D eigenvalue weighted by Gasteiger charge is -2.36. The minimum atomic E-state index is -0.439. The Morgan fingerprint density at radius 3 is 2.71 bits per heavy atom. The van der Waals surface area contributed by atoms with Crippen LogP contribution in [0.1, 0.15) is 35.2 Å². The SMILES string of the molecule is COc1ccc2c(c1)CCN(C1CCC(=O)CC1=O)C2=O. The van der Waals surface area contributed by atoms with Crippen LogP contribution in [0.4, 0.5) is 0 Å². The standard InChI is InChI=1S/C16H17NO4/c1-21-12-3-4-13-10(8-12)6-7-17(16(13)20)14-5-2-11(18)9-15(14)19/h3-4,8,14H,2,5-7,9H2,1H3. The Hall–Kier alpha value is -2.17. The van der Waals surface area contributed by atoms with Crippen LogP contribution < -0.4 is 4.74 Å². The summed E-state index contributed by atoms with van der Waals surface area (Å²) in [5, 5.41) is 0. The van der Waals surface area contributed by atoms with E-state index in [0.29, 0.717) is 31.4 Å². The van der Waals surface area contributed by atoms with Crippen LogP contribution in [0.3, 0.4) is 0 Å². The van der Waals surface area contributed by atoms with Crippen LogP contribution in [0, 0.1) is 0 Å². The van der Waals surface area contributed by atoms with Crippen molar-refractivity contribution in [3.63, 3.8) is 0 Å². The van der Waals surface area contributed by atoms with E-state index in [1.165, 1.54) is 0 Å². The largest absolute Gasteiger partial charge is 0.497 e. The van der Waals surface area contributed by atoms with Crippen molar-refractivity contribution in [3.8, 4) is 5.75 Å². The summed E-state index contributed by atoms with van der Waals surface area (Å²) in [6.45, 7) is 0.517. The maximum absolute atomic E-state index is 12.6. The zero-order chi connectivity index (χ0) is 15.0. The van der Waals surface area contributed by atoms with Crippen molar-refractivity contribution in [1.82, 2.24) is 4.90 Å². The fourth-order valence-corrected chi connectivity index (χ4v) is 3.10. The van der Waals surface area contributed by atoms with Crippen LogP contribution in [0.25, 0.3) is 0 Å². The van der Waals surface area contributed by atoms with Gasteiger partial charge in [-0.05, 0) is 36.6 Å². The summed E-state index contributed by atoms with van der Waals surface area (Å²) < 4.78 is 5.17. The van der Waals surface area contributed by atoms with Crippen LogP contribution in [0.5, 0.6) is 5.75 Å². The summed E-state index contributed by atoms with van der Waals surface area (Å²) in [7, 11) is 1.59. The third-order valence-electron chi connectivity index (χ3n) is 4.24. The van der Waals surface area contributed by atoms with Gasteiger partial charge in [-0.3, -0.25) is 14.4 Å². The van der Waals surface area contributed by atoms with Gasteiger partial charge in [-0.15, -0.1) is 0 Å². The predicted molar refractivity (Wildman–Crippen MR) is 75.4 cm³/mol. The van der Waals surface area contributed by atoms with E-state index in [0.717, 1.165) is 11.3 Å². The number of amides is 1. The van der Waals surface area contributed by atoms with Crippen LogP contribution >= 0.6 is 0 Å². The minimum absolute atomic E-state index is 0.0224. The Kier molecular flexibility index (Phi) is 3.49. The number of carbonyl (C=O) groups excluding carboxylic acids is 3. The molecule has 1 amide bonds. The predicted octanol–water partition coefficient (Wildman–Crippen LogP) is 1.38. The summed E-state index contributed by atoms with van der Waals surface area (Å²) in [6.07, 6.45) is 1.50. The summed E-state index contributed by atoms with van der Waals surface area (Å²) in [6, 6.07) is 4.94. The Morgan fingerprint density at radius 2 is 2.00 bits per heavy atom. The second kappa shape index (κ2) is 5.31. The fourth-order valence-electron chi connectivity index (χ4n) is 3.10. The molecule has 1 unspecified atom stereocenters. The number of Topliss-reactive ketones (excluding diaryl/α,β-unsaturated/α-hetero) is 2. The van der Waals surface area contributed by atoms with Gasteiger partial charge in [0.25, 0.3) is 5.91 Å². The van der Waals surface area contributed by atoms with Crippen LogP contribution in [0.15, 0.2) is 18.2 Å². The normalized spacial score (nSPS) is 22.2. The molecule has 0 saturated heterocycles. The first kappa shape index (κ1) is 13.8. The zero-order valence-electron chi connectivity index (χ0n) is 11.9. The van der Waals surface area contributed by atoms with E-state index in [9.17, 15) is 14.4 Å². The van der Waals surface area contributed by atoms with Gasteiger partial charge in [-0.25, -0.2) is 0 Å². The van der Waals surface area contributed by atoms with Crippen molar-refractivity contribution in [2.45, 2.75) is 31.7 Å². The van der Waals surface area contributed by atoms with E-state index in [4.69, 9.17) is 4.74 Å². The highest BCUT2D eigenvalue weighted by Gasteiger charge is 2.37. The number of fused-ring (bicyclic) bond motifs is 1. The number of hydrogen-bond donors (Lipinski definition) is 0. The fraction of sp³-hybridized carbons (Fsp3) is 0.438. The number of ketones is 2. The summed E-state index contributed by atoms with van der Waals surface area (Å²) in [5.74, 6) is 0.461. The molecule has 21 heavy (non-hydrogen) atoms. The third kappa shape index (κ3) is 2.44. The van der Waals surface area contributed by atoms with E-state index in [1.807, 2.05) is 6.07 Å². The van der Waals surface area contributed by atoms with Crippen molar-refractivity contribution in [2.24, 2.45) is 0 Å². The van der Waals surface area contributed by atoms with Crippen molar-refractivity contribution >= 4 is 17.5 Å². The number of rotatable bonds is 2. The Balaban J connectivity index is 1.85. The molecule has 1 atom stereocenters. The highest BCUT2D eigenvalue weighted by molar-refractivity contribution is 6.07. The maximum atomic E-state index is 12.6. The molecule has 1 heterocycles. The van der Waals surface area contributed by atoms with E-state index < -0.39 is 6.04 Å². The van der Waals surface area contributed by atoms with Gasteiger partial charge in [-0.2, -0.15) is 0 Å². The lowest BCUT2D eigenvalue weighted by atomic mass is 9.89. The summed E-state index contributed by atoms with van der Waals surface area (Å²) in [5.41, 5.74) is 1.58. The first-order valence-corrected chi connectivity index (χ1v) is 7.12. The minimum Gasteiger partial charge on any atom is -0.497 e. The van der Waals surface area contributed by atoms with Gasteiger partial charge in [0.1, 0.15) is 11.5 Å². The molecule has 1 aliphatic carbocycles. The number of nitrogens with zero attached hydrogens (tertiary/aromatic N) is 1. The van der Waals surface area contributed by atoms with Crippen molar-refractivity contribution in [1.29, 1.82) is 0 Å². The van der Waals surface area contributed by atoms with Crippen molar-refractivity contribution in [3.05, 3.63) is 29.3 Å². The molecule has 0 radical (unpaired) electrons. The lowest BCUT2D eigenvalue weighted by molar-refractivity contribution is -0.133. The van der Waals surface area contributed by atoms with Gasteiger partial charge >= 0.3 is 0 Å². The van der Waals surface area contributed by atoms with Gasteiger partial charge in [0.2, 0.25) is 0 Å². The molecule has 1 aliphatic heterocycles. The van der Waals surface area contributed by atoms with Gasteiger partial charge in [0, 0.05) is 18.5 Å². The number of ether oxygens (including phenoxy) is 1. The number of benzene rings is 1. The molecule has 0 bridgehead atoms. The van der Waals surface area contributed by atoms with E-state index in [2.05, 4.69) is 0 Å². The maximum Gasteiger partial charge on any atom is 0.254 e. The molecule has 5 nitrogen and oxygen atoms in total. The Morgan fingerprint density at radius 1 is 1.19 bits per heavy atom. The topological polar surface area (TPSA) is 63.7 Å². The monoisotopic (exact) mass is 287 g/mol. The molecule has 3 rings (SSSR count). The van der Waals surface area contributed by atoms with Crippen LogP contribution in [-0.4, -0.2) is 42.1 Å². The molecule has 1 fully saturated rings. The summed E-state index contributed by atoms with van der Waals surface area (Å²) in [4.78, 5) is 37.6. The van der Waals surface area contributed by atoms with Gasteiger partial charge in [-0.1, -0.05) is 0 Å². The quantitative estimate of drug-likeness (QED) is 0.771. The van der Waals surface area contributed by atoms with E-state index in [1.54, 1.807) is 24.1 Å². The molecule has 110 valence electrons. The van der Waals surface area contributed by atoms with Crippen LogP contribution in [0.2, 0.25) is 0 Å². The molecular weight excluding hydrogens is 270 g/mol. The van der Waals surface area contributed by atoms with Gasteiger partial charge < -0.3 is 9.64 Å². The molecule has 0 aromatic heterocycles. The Bertz CT molecular complexity index is 623. The van der Waals surface area contributed by atoms with E-state index in [-0.39, 0.29) is 23.9 Å². The van der Waals surface area contributed by atoms with Crippen molar-refractivity contribution in [2.75, 3.05) is 13.7 Å². The molecule has 1 aromatic rings. The highest BCUT2D eigenvalue weighted by Crippen LogP contribution is 2.27. The second-order valence-corrected chi connectivity index (χ2v) is 5.51.